The highest BCUT2D eigenvalue weighted by molar-refractivity contribution is 6.07. The molecule has 3 aromatic rings. The number of rotatable bonds is 4. The fourth-order valence-corrected chi connectivity index (χ4v) is 3.64. The van der Waals surface area contributed by atoms with E-state index in [4.69, 9.17) is 9.47 Å². The van der Waals surface area contributed by atoms with Crippen LogP contribution in [0.1, 0.15) is 32.6 Å². The van der Waals surface area contributed by atoms with Crippen molar-refractivity contribution in [3.8, 4) is 11.5 Å². The minimum Gasteiger partial charge on any atom is -0.497 e. The van der Waals surface area contributed by atoms with Crippen LogP contribution in [0.15, 0.2) is 60.7 Å². The van der Waals surface area contributed by atoms with Crippen molar-refractivity contribution in [1.82, 2.24) is 0 Å². The maximum atomic E-state index is 13.0. The van der Waals surface area contributed by atoms with E-state index in [2.05, 4.69) is 44.2 Å². The van der Waals surface area contributed by atoms with E-state index in [-0.39, 0.29) is 5.91 Å². The number of methoxy groups -OCH3 is 1. The number of benzene rings is 3. The summed E-state index contributed by atoms with van der Waals surface area (Å²) in [4.78, 5) is 14.8. The number of ether oxygens (including phenoxy) is 2. The van der Waals surface area contributed by atoms with Gasteiger partial charge in [-0.05, 0) is 66.9 Å². The number of carbonyl (C=O) groups is 1. The van der Waals surface area contributed by atoms with E-state index < -0.39 is 0 Å². The van der Waals surface area contributed by atoms with Crippen LogP contribution in [0.25, 0.3) is 12.2 Å². The summed E-state index contributed by atoms with van der Waals surface area (Å²) in [5.41, 5.74) is 6.15. The molecule has 0 spiro atoms. The Hall–Kier alpha value is -3.53. The van der Waals surface area contributed by atoms with Crippen molar-refractivity contribution < 1.29 is 14.3 Å². The highest BCUT2D eigenvalue weighted by Crippen LogP contribution is 2.34. The molecule has 0 atom stereocenters. The number of hydrogen-bond acceptors (Lipinski definition) is 3. The average Bonchev–Trinajstić information content (AvgIpc) is 2.77. The first-order valence-corrected chi connectivity index (χ1v) is 10.0. The Morgan fingerprint density at radius 1 is 1.00 bits per heavy atom. The zero-order valence-corrected chi connectivity index (χ0v) is 17.5. The maximum absolute atomic E-state index is 13.0. The van der Waals surface area contributed by atoms with Crippen LogP contribution in [0.5, 0.6) is 11.5 Å². The standard InChI is InChI=1S/C26H25NO3/c1-18-4-7-21(19(2)16-18)8-5-20-6-13-24-25(17-20)30-15-14-27(24)26(28)22-9-11-23(29-3)12-10-22/h4-13,16-17H,14-15H2,1-3H3/b8-5+. The molecule has 3 aromatic carbocycles. The molecule has 4 heteroatoms. The summed E-state index contributed by atoms with van der Waals surface area (Å²) in [6.45, 7) is 5.21. The molecule has 0 N–H and O–H groups in total. The maximum Gasteiger partial charge on any atom is 0.258 e. The van der Waals surface area contributed by atoms with E-state index in [0.29, 0.717) is 18.7 Å². The first-order chi connectivity index (χ1) is 14.5. The molecule has 0 saturated heterocycles. The number of fused-ring (bicyclic) bond motifs is 1. The highest BCUT2D eigenvalue weighted by Gasteiger charge is 2.24. The molecular formula is C26H25NO3. The van der Waals surface area contributed by atoms with Gasteiger partial charge in [0.1, 0.15) is 18.1 Å². The van der Waals surface area contributed by atoms with Gasteiger partial charge >= 0.3 is 0 Å². The third kappa shape index (κ3) is 4.08. The van der Waals surface area contributed by atoms with E-state index in [1.165, 1.54) is 16.7 Å². The van der Waals surface area contributed by atoms with E-state index in [0.717, 1.165) is 22.7 Å². The van der Waals surface area contributed by atoms with Gasteiger partial charge in [-0.25, -0.2) is 0 Å². The molecule has 4 nitrogen and oxygen atoms in total. The number of hydrogen-bond donors (Lipinski definition) is 0. The molecular weight excluding hydrogens is 374 g/mol. The van der Waals surface area contributed by atoms with Crippen molar-refractivity contribution in [3.63, 3.8) is 0 Å². The van der Waals surface area contributed by atoms with E-state index in [1.807, 2.05) is 18.2 Å². The van der Waals surface area contributed by atoms with Crippen molar-refractivity contribution in [2.45, 2.75) is 13.8 Å². The molecule has 0 saturated carbocycles. The molecule has 0 aliphatic carbocycles. The van der Waals surface area contributed by atoms with Crippen molar-refractivity contribution in [2.75, 3.05) is 25.2 Å². The van der Waals surface area contributed by atoms with Crippen LogP contribution in [-0.2, 0) is 0 Å². The summed E-state index contributed by atoms with van der Waals surface area (Å²) in [5, 5.41) is 0. The molecule has 0 radical (unpaired) electrons. The second-order valence-corrected chi connectivity index (χ2v) is 7.45. The lowest BCUT2D eigenvalue weighted by Crippen LogP contribution is -2.37. The fourth-order valence-electron chi connectivity index (χ4n) is 3.64. The van der Waals surface area contributed by atoms with Crippen LogP contribution in [0.3, 0.4) is 0 Å². The SMILES string of the molecule is COc1ccc(C(=O)N2CCOc3cc(/C=C/c4ccc(C)cc4C)ccc32)cc1. The van der Waals surface area contributed by atoms with Crippen molar-refractivity contribution in [2.24, 2.45) is 0 Å². The first kappa shape index (κ1) is 19.8. The zero-order valence-electron chi connectivity index (χ0n) is 17.5. The monoisotopic (exact) mass is 399 g/mol. The number of amides is 1. The zero-order chi connectivity index (χ0) is 21.1. The van der Waals surface area contributed by atoms with Crippen molar-refractivity contribution >= 4 is 23.7 Å². The third-order valence-electron chi connectivity index (χ3n) is 5.31. The van der Waals surface area contributed by atoms with Crippen LogP contribution in [0, 0.1) is 13.8 Å². The summed E-state index contributed by atoms with van der Waals surface area (Å²) in [6, 6.07) is 19.6. The molecule has 0 unspecified atom stereocenters. The Kier molecular flexibility index (Phi) is 5.57. The topological polar surface area (TPSA) is 38.8 Å². The quantitative estimate of drug-likeness (QED) is 0.542. The van der Waals surface area contributed by atoms with Gasteiger partial charge in [0.2, 0.25) is 0 Å². The number of nitrogens with zero attached hydrogens (tertiary/aromatic N) is 1. The van der Waals surface area contributed by atoms with Crippen molar-refractivity contribution in [1.29, 1.82) is 0 Å². The van der Waals surface area contributed by atoms with Crippen LogP contribution < -0.4 is 14.4 Å². The van der Waals surface area contributed by atoms with Gasteiger partial charge in [0, 0.05) is 5.56 Å². The largest absolute Gasteiger partial charge is 0.497 e. The molecule has 1 heterocycles. The van der Waals surface area contributed by atoms with Crippen LogP contribution in [0.4, 0.5) is 5.69 Å². The summed E-state index contributed by atoms with van der Waals surface area (Å²) < 4.78 is 11.0. The van der Waals surface area contributed by atoms with Crippen molar-refractivity contribution in [3.05, 3.63) is 88.5 Å². The second-order valence-electron chi connectivity index (χ2n) is 7.45. The lowest BCUT2D eigenvalue weighted by atomic mass is 10.0. The summed E-state index contributed by atoms with van der Waals surface area (Å²) in [5.74, 6) is 1.42. The Morgan fingerprint density at radius 3 is 2.53 bits per heavy atom. The van der Waals surface area contributed by atoms with E-state index in [9.17, 15) is 4.79 Å². The van der Waals surface area contributed by atoms with Gasteiger partial charge < -0.3 is 14.4 Å². The Balaban J connectivity index is 1.57. The minimum atomic E-state index is -0.0409. The van der Waals surface area contributed by atoms with Crippen LogP contribution in [-0.4, -0.2) is 26.2 Å². The van der Waals surface area contributed by atoms with Gasteiger partial charge in [-0.15, -0.1) is 0 Å². The molecule has 1 amide bonds. The Labute approximate surface area is 177 Å². The Bertz CT molecular complexity index is 1100. The molecule has 30 heavy (non-hydrogen) atoms. The molecule has 0 aromatic heterocycles. The molecule has 1 aliphatic rings. The van der Waals surface area contributed by atoms with E-state index >= 15 is 0 Å². The summed E-state index contributed by atoms with van der Waals surface area (Å²) in [6.07, 6.45) is 4.19. The third-order valence-corrected chi connectivity index (χ3v) is 5.31. The molecule has 0 bridgehead atoms. The van der Waals surface area contributed by atoms with Gasteiger partial charge in [-0.3, -0.25) is 4.79 Å². The number of carbonyl (C=O) groups excluding carboxylic acids is 1. The summed E-state index contributed by atoms with van der Waals surface area (Å²) in [7, 11) is 1.61. The van der Waals surface area contributed by atoms with Gasteiger partial charge in [0.05, 0.1) is 19.3 Å². The highest BCUT2D eigenvalue weighted by atomic mass is 16.5. The number of aryl methyl sites for hydroxylation is 2. The number of anilines is 1. The van der Waals surface area contributed by atoms with E-state index in [1.54, 1.807) is 36.3 Å². The van der Waals surface area contributed by atoms with Gasteiger partial charge in [0.25, 0.3) is 5.91 Å². The van der Waals surface area contributed by atoms with Crippen LogP contribution in [0.2, 0.25) is 0 Å². The lowest BCUT2D eigenvalue weighted by molar-refractivity contribution is 0.0976. The molecule has 152 valence electrons. The predicted octanol–water partition coefficient (Wildman–Crippen LogP) is 5.52. The fraction of sp³-hybridized carbons (Fsp3) is 0.192. The van der Waals surface area contributed by atoms with Gasteiger partial charge in [0.15, 0.2) is 0 Å². The summed E-state index contributed by atoms with van der Waals surface area (Å²) >= 11 is 0. The smallest absolute Gasteiger partial charge is 0.258 e. The molecule has 0 fully saturated rings. The molecule has 4 rings (SSSR count). The second kappa shape index (κ2) is 8.46. The normalized spacial score (nSPS) is 13.1. The van der Waals surface area contributed by atoms with Crippen LogP contribution >= 0.6 is 0 Å². The molecule has 1 aliphatic heterocycles. The lowest BCUT2D eigenvalue weighted by Gasteiger charge is -2.30. The average molecular weight is 399 g/mol. The first-order valence-electron chi connectivity index (χ1n) is 10.0. The Morgan fingerprint density at radius 2 is 1.80 bits per heavy atom. The van der Waals surface area contributed by atoms with Gasteiger partial charge in [-0.1, -0.05) is 42.0 Å². The predicted molar refractivity (Wildman–Crippen MR) is 121 cm³/mol. The minimum absolute atomic E-state index is 0.0409. The van der Waals surface area contributed by atoms with Gasteiger partial charge in [-0.2, -0.15) is 0 Å².